The number of amidine groups is 1. The quantitative estimate of drug-likeness (QED) is 0.745. The number of fused-ring (bicyclic) bond motifs is 3. The van der Waals surface area contributed by atoms with Crippen molar-refractivity contribution in [3.63, 3.8) is 0 Å². The van der Waals surface area contributed by atoms with Gasteiger partial charge in [0.05, 0.1) is 17.5 Å². The molecule has 4 aliphatic rings. The van der Waals surface area contributed by atoms with Crippen LogP contribution >= 0.6 is 11.8 Å². The van der Waals surface area contributed by atoms with Crippen molar-refractivity contribution >= 4 is 32.7 Å². The Bertz CT molecular complexity index is 686. The van der Waals surface area contributed by atoms with Crippen LogP contribution in [0.3, 0.4) is 0 Å². The van der Waals surface area contributed by atoms with Gasteiger partial charge in [-0.3, -0.25) is 4.79 Å². The van der Waals surface area contributed by atoms with E-state index >= 15 is 0 Å². The Morgan fingerprint density at radius 3 is 2.56 bits per heavy atom. The zero-order valence-corrected chi connectivity index (χ0v) is 16.7. The zero-order valence-electron chi connectivity index (χ0n) is 15.1. The minimum Gasteiger partial charge on any atom is -0.343 e. The lowest BCUT2D eigenvalue weighted by atomic mass is 9.93. The number of rotatable bonds is 4. The molecule has 0 spiro atoms. The Hall–Kier alpha value is -0.560. The molecule has 0 aromatic heterocycles. The van der Waals surface area contributed by atoms with Crippen LogP contribution in [-0.4, -0.2) is 53.2 Å². The predicted molar refractivity (Wildman–Crippen MR) is 101 cm³/mol. The van der Waals surface area contributed by atoms with E-state index in [2.05, 4.69) is 9.89 Å². The fourth-order valence-electron chi connectivity index (χ4n) is 5.35. The molecule has 4 rings (SSSR count). The maximum atomic E-state index is 12.6. The Labute approximate surface area is 154 Å². The van der Waals surface area contributed by atoms with Crippen molar-refractivity contribution in [1.82, 2.24) is 4.90 Å². The monoisotopic (exact) mass is 384 g/mol. The predicted octanol–water partition coefficient (Wildman–Crippen LogP) is 2.71. The lowest BCUT2D eigenvalue weighted by Gasteiger charge is -2.36. The fourth-order valence-corrected chi connectivity index (χ4v) is 9.33. The van der Waals surface area contributed by atoms with Crippen LogP contribution in [0.5, 0.6) is 0 Å². The summed E-state index contributed by atoms with van der Waals surface area (Å²) < 4.78 is 24.3. The molecule has 0 unspecified atom stereocenters. The van der Waals surface area contributed by atoms with Crippen LogP contribution in [0.2, 0.25) is 0 Å². The van der Waals surface area contributed by atoms with E-state index < -0.39 is 9.84 Å². The highest BCUT2D eigenvalue weighted by molar-refractivity contribution is 8.15. The van der Waals surface area contributed by atoms with Gasteiger partial charge in [-0.1, -0.05) is 32.0 Å². The van der Waals surface area contributed by atoms with Crippen LogP contribution in [0.15, 0.2) is 4.99 Å². The normalized spacial score (nSPS) is 40.4. The molecule has 4 fully saturated rings. The summed E-state index contributed by atoms with van der Waals surface area (Å²) in [4.78, 5) is 19.4. The van der Waals surface area contributed by atoms with Gasteiger partial charge >= 0.3 is 0 Å². The number of hydrogen-bond donors (Lipinski definition) is 0. The van der Waals surface area contributed by atoms with E-state index in [0.717, 1.165) is 30.3 Å². The number of nitrogens with zero attached hydrogens (tertiary/aromatic N) is 2. The van der Waals surface area contributed by atoms with Gasteiger partial charge in [0.25, 0.3) is 5.91 Å². The molecule has 5 atom stereocenters. The lowest BCUT2D eigenvalue weighted by Crippen LogP contribution is -2.47. The number of thioether (sulfide) groups is 1. The average molecular weight is 385 g/mol. The fraction of sp³-hybridized carbons (Fsp3) is 0.889. The molecule has 25 heavy (non-hydrogen) atoms. The van der Waals surface area contributed by atoms with Crippen molar-refractivity contribution in [3.05, 3.63) is 0 Å². The SMILES string of the molecule is CCC(CC)C(=O)N=C1S[C@@H]2CS(=O)(=O)C[C@@H]2N1[C@H]1C[C@H]2CC[C@H]1C2. The Kier molecular flexibility index (Phi) is 4.67. The number of hydrogen-bond acceptors (Lipinski definition) is 4. The minimum absolute atomic E-state index is 0.0147. The molecular weight excluding hydrogens is 356 g/mol. The molecule has 1 amide bonds. The highest BCUT2D eigenvalue weighted by Crippen LogP contribution is 2.51. The van der Waals surface area contributed by atoms with Gasteiger partial charge in [-0.25, -0.2) is 8.42 Å². The summed E-state index contributed by atoms with van der Waals surface area (Å²) in [5, 5.41) is 0.872. The van der Waals surface area contributed by atoms with Gasteiger partial charge in [0.2, 0.25) is 0 Å². The van der Waals surface area contributed by atoms with E-state index in [0.29, 0.717) is 12.0 Å². The Morgan fingerprint density at radius 2 is 1.96 bits per heavy atom. The number of carbonyl (C=O) groups excluding carboxylic acids is 1. The summed E-state index contributed by atoms with van der Waals surface area (Å²) in [6, 6.07) is 0.412. The van der Waals surface area contributed by atoms with Gasteiger partial charge < -0.3 is 4.90 Å². The molecule has 140 valence electrons. The molecule has 0 radical (unpaired) electrons. The van der Waals surface area contributed by atoms with Gasteiger partial charge in [-0.05, 0) is 43.9 Å². The molecule has 2 saturated carbocycles. The molecule has 7 heteroatoms. The van der Waals surface area contributed by atoms with E-state index in [1.807, 2.05) is 13.8 Å². The first-order valence-corrected chi connectivity index (χ1v) is 12.4. The summed E-state index contributed by atoms with van der Waals surface area (Å²) in [7, 11) is -2.96. The summed E-state index contributed by atoms with van der Waals surface area (Å²) in [5.41, 5.74) is 0. The average Bonchev–Trinajstić information content (AvgIpc) is 3.27. The van der Waals surface area contributed by atoms with Crippen LogP contribution in [0.4, 0.5) is 0 Å². The highest BCUT2D eigenvalue weighted by atomic mass is 32.2. The van der Waals surface area contributed by atoms with Crippen LogP contribution < -0.4 is 0 Å². The summed E-state index contributed by atoms with van der Waals surface area (Å²) in [5.74, 6) is 1.87. The number of carbonyl (C=O) groups is 1. The standard InChI is InChI=1S/C18H28N2O3S2/c1-3-12(4-2)17(21)19-18-20(14-8-11-5-6-13(14)7-11)15-9-25(22,23)10-16(15)24-18/h11-16H,3-10H2,1-2H3/t11-,13-,14-,15-,16+/m0/s1. The maximum Gasteiger partial charge on any atom is 0.251 e. The second-order valence-corrected chi connectivity index (χ2v) is 11.6. The number of amides is 1. The van der Waals surface area contributed by atoms with E-state index in [-0.39, 0.29) is 34.6 Å². The number of sulfone groups is 1. The molecule has 2 aliphatic heterocycles. The van der Waals surface area contributed by atoms with Crippen LogP contribution in [-0.2, 0) is 14.6 Å². The van der Waals surface area contributed by atoms with Crippen molar-refractivity contribution in [2.24, 2.45) is 22.7 Å². The summed E-state index contributed by atoms with van der Waals surface area (Å²) in [6.07, 6.45) is 6.59. The van der Waals surface area contributed by atoms with E-state index in [1.165, 1.54) is 19.3 Å². The molecule has 2 bridgehead atoms. The molecule has 2 aliphatic carbocycles. The first-order chi connectivity index (χ1) is 11.9. The molecule has 0 N–H and O–H groups in total. The van der Waals surface area contributed by atoms with Crippen LogP contribution in [0.25, 0.3) is 0 Å². The van der Waals surface area contributed by atoms with Gasteiger partial charge in [-0.2, -0.15) is 4.99 Å². The topological polar surface area (TPSA) is 66.8 Å². The zero-order chi connectivity index (χ0) is 17.8. The second kappa shape index (κ2) is 6.55. The first kappa shape index (κ1) is 17.8. The summed E-state index contributed by atoms with van der Waals surface area (Å²) in [6.45, 7) is 4.06. The minimum atomic E-state index is -2.96. The van der Waals surface area contributed by atoms with Crippen molar-refractivity contribution in [2.45, 2.75) is 69.7 Å². The largest absolute Gasteiger partial charge is 0.343 e. The van der Waals surface area contributed by atoms with Crippen molar-refractivity contribution in [2.75, 3.05) is 11.5 Å². The number of aliphatic imine (C=N–C) groups is 1. The van der Waals surface area contributed by atoms with Crippen molar-refractivity contribution < 1.29 is 13.2 Å². The molecule has 2 saturated heterocycles. The van der Waals surface area contributed by atoms with Crippen molar-refractivity contribution in [1.29, 1.82) is 0 Å². The summed E-state index contributed by atoms with van der Waals surface area (Å²) >= 11 is 1.55. The van der Waals surface area contributed by atoms with Gasteiger partial charge in [0.1, 0.15) is 0 Å². The first-order valence-electron chi connectivity index (χ1n) is 9.69. The van der Waals surface area contributed by atoms with E-state index in [1.54, 1.807) is 11.8 Å². The van der Waals surface area contributed by atoms with Gasteiger partial charge in [0.15, 0.2) is 15.0 Å². The third kappa shape index (κ3) is 3.15. The molecule has 0 aromatic rings. The molecule has 0 aromatic carbocycles. The van der Waals surface area contributed by atoms with Crippen LogP contribution in [0, 0.1) is 17.8 Å². The Morgan fingerprint density at radius 1 is 1.20 bits per heavy atom. The molecule has 2 heterocycles. The van der Waals surface area contributed by atoms with Crippen LogP contribution in [0.1, 0.15) is 52.4 Å². The second-order valence-electron chi connectivity index (χ2n) is 8.20. The third-order valence-electron chi connectivity index (χ3n) is 6.71. The lowest BCUT2D eigenvalue weighted by molar-refractivity contribution is -0.121. The van der Waals surface area contributed by atoms with Gasteiger partial charge in [0, 0.05) is 17.2 Å². The van der Waals surface area contributed by atoms with Crippen molar-refractivity contribution in [3.8, 4) is 0 Å². The highest BCUT2D eigenvalue weighted by Gasteiger charge is 2.54. The smallest absolute Gasteiger partial charge is 0.251 e. The Balaban J connectivity index is 1.63. The van der Waals surface area contributed by atoms with E-state index in [9.17, 15) is 13.2 Å². The third-order valence-corrected chi connectivity index (χ3v) is 9.93. The maximum absolute atomic E-state index is 12.6. The molecule has 5 nitrogen and oxygen atoms in total. The molecular formula is C18H28N2O3S2. The van der Waals surface area contributed by atoms with E-state index in [4.69, 9.17) is 0 Å². The van der Waals surface area contributed by atoms with Gasteiger partial charge in [-0.15, -0.1) is 0 Å².